The van der Waals surface area contributed by atoms with Crippen LogP contribution in [0, 0.1) is 0 Å². The van der Waals surface area contributed by atoms with Crippen LogP contribution in [-0.4, -0.2) is 72.8 Å². The molecule has 6 aromatic rings. The SMILES string of the molecule is O=C(COc1ccccc1)N[C@@H]1C(=O)N(C(C(=O)OCc2ccccc2)=P(c2ccccc2)(c2ccccc2)c2ccccc2)[C@@H]1OCCOC(=O)COc1ccccc1. The molecule has 11 nitrogen and oxygen atoms in total. The molecule has 6 aromatic carbocycles. The Bertz CT molecular complexity index is 2300. The van der Waals surface area contributed by atoms with E-state index >= 15 is 4.79 Å². The highest BCUT2D eigenvalue weighted by Crippen LogP contribution is 2.49. The lowest BCUT2D eigenvalue weighted by atomic mass is 10.0. The van der Waals surface area contributed by atoms with Crippen molar-refractivity contribution >= 4 is 52.0 Å². The summed E-state index contributed by atoms with van der Waals surface area (Å²) in [6.45, 7) is -4.52. The van der Waals surface area contributed by atoms with Crippen molar-refractivity contribution in [3.05, 3.63) is 188 Å². The first-order valence-electron chi connectivity index (χ1n) is 19.3. The number of esters is 2. The average molecular weight is 823 g/mol. The smallest absolute Gasteiger partial charge is 0.356 e. The largest absolute Gasteiger partial charge is 0.484 e. The van der Waals surface area contributed by atoms with Crippen LogP contribution in [0.15, 0.2) is 182 Å². The fourth-order valence-electron chi connectivity index (χ4n) is 6.85. The first kappa shape index (κ1) is 41.2. The molecule has 1 N–H and O–H groups in total. The number of nitrogens with one attached hydrogen (secondary N) is 1. The summed E-state index contributed by atoms with van der Waals surface area (Å²) < 4.78 is 29.2. The number of ether oxygens (including phenoxy) is 5. The summed E-state index contributed by atoms with van der Waals surface area (Å²) in [7, 11) is 0. The standard InChI is InChI=1S/C48H43N2O9P/c51-42(34-57-37-21-9-2-10-22-37)49-44-45(53)50(46(44)56-32-31-55-43(52)35-58-38-23-11-3-12-24-38)47(48(54)59-33-36-19-7-1-8-20-36)60(39-25-13-4-14-26-39,40-27-15-5-16-28-40)41-29-17-6-18-30-41/h1-30,44,46H,31-35H2,(H,49,51)/t44-,46-/m1/s1. The maximum atomic E-state index is 15.1. The summed E-state index contributed by atoms with van der Waals surface area (Å²) in [4.78, 5) is 57.3. The van der Waals surface area contributed by atoms with Gasteiger partial charge >= 0.3 is 11.9 Å². The van der Waals surface area contributed by atoms with E-state index in [0.717, 1.165) is 21.5 Å². The molecule has 0 aliphatic carbocycles. The number of benzene rings is 6. The lowest BCUT2D eigenvalue weighted by Gasteiger charge is -2.49. The van der Waals surface area contributed by atoms with Gasteiger partial charge in [0.15, 0.2) is 25.5 Å². The van der Waals surface area contributed by atoms with Gasteiger partial charge in [0.05, 0.1) is 6.61 Å². The molecular weight excluding hydrogens is 780 g/mol. The highest BCUT2D eigenvalue weighted by Gasteiger charge is 2.55. The molecule has 1 fully saturated rings. The molecule has 1 heterocycles. The van der Waals surface area contributed by atoms with Crippen molar-refractivity contribution in [3.63, 3.8) is 0 Å². The lowest BCUT2D eigenvalue weighted by Crippen LogP contribution is -2.74. The van der Waals surface area contributed by atoms with E-state index in [-0.39, 0.29) is 38.5 Å². The van der Waals surface area contributed by atoms with Crippen molar-refractivity contribution in [1.82, 2.24) is 10.2 Å². The molecular formula is C48H43N2O9P. The molecule has 2 atom stereocenters. The topological polar surface area (TPSA) is 130 Å². The van der Waals surface area contributed by atoms with Gasteiger partial charge in [-0.15, -0.1) is 0 Å². The maximum Gasteiger partial charge on any atom is 0.356 e. The molecule has 0 saturated carbocycles. The van der Waals surface area contributed by atoms with Crippen molar-refractivity contribution in [2.45, 2.75) is 18.9 Å². The Hall–Kier alpha value is -6.94. The predicted octanol–water partition coefficient (Wildman–Crippen LogP) is 5.22. The minimum absolute atomic E-state index is 0.0521. The monoisotopic (exact) mass is 822 g/mol. The molecule has 7 rings (SSSR count). The number of likely N-dealkylation sites (tertiary alicyclic amines) is 1. The molecule has 2 amide bonds. The Labute approximate surface area is 348 Å². The third-order valence-electron chi connectivity index (χ3n) is 9.58. The van der Waals surface area contributed by atoms with Crippen LogP contribution in [0.2, 0.25) is 0 Å². The predicted molar refractivity (Wildman–Crippen MR) is 230 cm³/mol. The van der Waals surface area contributed by atoms with Crippen LogP contribution < -0.4 is 30.7 Å². The molecule has 60 heavy (non-hydrogen) atoms. The Balaban J connectivity index is 1.29. The van der Waals surface area contributed by atoms with Gasteiger partial charge in [-0.3, -0.25) is 14.5 Å². The quantitative estimate of drug-likeness (QED) is 0.0537. The molecule has 0 radical (unpaired) electrons. The van der Waals surface area contributed by atoms with Crippen LogP contribution in [0.5, 0.6) is 11.5 Å². The summed E-state index contributed by atoms with van der Waals surface area (Å²) in [5.74, 6) is -1.58. The van der Waals surface area contributed by atoms with Gasteiger partial charge in [-0.1, -0.05) is 158 Å². The Morgan fingerprint density at radius 3 is 1.50 bits per heavy atom. The molecule has 0 aromatic heterocycles. The number of nitrogens with zero attached hydrogens (tertiary/aromatic N) is 1. The minimum Gasteiger partial charge on any atom is -0.484 e. The number of hydrogen-bond donors (Lipinski definition) is 1. The van der Waals surface area contributed by atoms with Crippen LogP contribution in [0.25, 0.3) is 0 Å². The highest BCUT2D eigenvalue weighted by molar-refractivity contribution is 7.96. The fraction of sp³-hybridized carbons (Fsp3) is 0.146. The van der Waals surface area contributed by atoms with Gasteiger partial charge in [-0.25, -0.2) is 9.59 Å². The zero-order valence-electron chi connectivity index (χ0n) is 32.6. The molecule has 0 spiro atoms. The Kier molecular flexibility index (Phi) is 13.8. The van der Waals surface area contributed by atoms with E-state index in [4.69, 9.17) is 23.7 Å². The van der Waals surface area contributed by atoms with E-state index in [9.17, 15) is 14.4 Å². The fourth-order valence-corrected chi connectivity index (χ4v) is 11.2. The van der Waals surface area contributed by atoms with Crippen molar-refractivity contribution in [2.24, 2.45) is 0 Å². The summed E-state index contributed by atoms with van der Waals surface area (Å²) in [6, 6.07) is 54.3. The molecule has 1 aliphatic rings. The number of rotatable bonds is 18. The van der Waals surface area contributed by atoms with E-state index in [0.29, 0.717) is 11.5 Å². The summed E-state index contributed by atoms with van der Waals surface area (Å²) >= 11 is 0. The van der Waals surface area contributed by atoms with Gasteiger partial charge in [0.2, 0.25) is 0 Å². The van der Waals surface area contributed by atoms with Crippen LogP contribution in [0.1, 0.15) is 5.56 Å². The number of amides is 2. The number of carbonyl (C=O) groups is 4. The second-order valence-corrected chi connectivity index (χ2v) is 16.8. The number of β-lactam (4-membered cyclic amide) rings is 1. The van der Waals surface area contributed by atoms with Gasteiger partial charge in [-0.05, 0) is 45.7 Å². The van der Waals surface area contributed by atoms with Crippen LogP contribution in [0.4, 0.5) is 0 Å². The maximum absolute atomic E-state index is 15.1. The summed E-state index contributed by atoms with van der Waals surface area (Å²) in [6.07, 6.45) is -1.23. The second kappa shape index (κ2) is 20.2. The van der Waals surface area contributed by atoms with Gasteiger partial charge in [-0.2, -0.15) is 0 Å². The summed E-state index contributed by atoms with van der Waals surface area (Å²) in [5, 5.41) is 5.09. The normalized spacial score (nSPS) is 14.6. The number of hydrogen-bond acceptors (Lipinski definition) is 9. The van der Waals surface area contributed by atoms with Crippen molar-refractivity contribution in [2.75, 3.05) is 26.4 Å². The lowest BCUT2D eigenvalue weighted by molar-refractivity contribution is -0.177. The molecule has 1 saturated heterocycles. The van der Waals surface area contributed by atoms with Gasteiger partial charge < -0.3 is 29.0 Å². The van der Waals surface area contributed by atoms with E-state index in [1.807, 2.05) is 133 Å². The molecule has 1 aliphatic heterocycles. The third-order valence-corrected chi connectivity index (χ3v) is 13.8. The van der Waals surface area contributed by atoms with E-state index < -0.39 is 42.9 Å². The number of para-hydroxylation sites is 2. The van der Waals surface area contributed by atoms with E-state index in [2.05, 4.69) is 5.32 Å². The van der Waals surface area contributed by atoms with E-state index in [1.54, 1.807) is 48.5 Å². The molecule has 304 valence electrons. The van der Waals surface area contributed by atoms with Crippen molar-refractivity contribution in [1.29, 1.82) is 0 Å². The molecule has 12 heteroatoms. The van der Waals surface area contributed by atoms with Crippen LogP contribution in [-0.2, 0) is 40.0 Å². The van der Waals surface area contributed by atoms with Crippen LogP contribution in [0.3, 0.4) is 0 Å². The highest BCUT2D eigenvalue weighted by atomic mass is 31.2. The zero-order valence-corrected chi connectivity index (χ0v) is 33.5. The van der Waals surface area contributed by atoms with E-state index in [1.165, 1.54) is 4.90 Å². The number of carbonyl (C=O) groups excluding carboxylic acids is 4. The van der Waals surface area contributed by atoms with Gasteiger partial charge in [0.25, 0.3) is 11.8 Å². The first-order valence-corrected chi connectivity index (χ1v) is 21.1. The Morgan fingerprint density at radius 2 is 1.00 bits per heavy atom. The minimum atomic E-state index is -3.32. The van der Waals surface area contributed by atoms with Gasteiger partial charge in [0, 0.05) is 6.89 Å². The van der Waals surface area contributed by atoms with Crippen molar-refractivity contribution in [3.8, 4) is 11.5 Å². The Morgan fingerprint density at radius 1 is 0.550 bits per heavy atom. The van der Waals surface area contributed by atoms with Gasteiger partial charge in [0.1, 0.15) is 30.1 Å². The molecule has 0 bridgehead atoms. The second-order valence-electron chi connectivity index (χ2n) is 13.5. The van der Waals surface area contributed by atoms with Crippen molar-refractivity contribution < 1.29 is 42.9 Å². The zero-order chi connectivity index (χ0) is 41.6. The van der Waals surface area contributed by atoms with Crippen LogP contribution >= 0.6 is 6.89 Å². The summed E-state index contributed by atoms with van der Waals surface area (Å²) in [5.41, 5.74) is 0.800. The first-order chi connectivity index (χ1) is 29.4. The average Bonchev–Trinajstić information content (AvgIpc) is 3.31. The third kappa shape index (κ3) is 9.67. The molecule has 0 unspecified atom stereocenters.